The van der Waals surface area contributed by atoms with E-state index in [1.807, 2.05) is 0 Å². The molecule has 2 aromatic rings. The Labute approximate surface area is 97.2 Å². The van der Waals surface area contributed by atoms with Crippen molar-refractivity contribution in [3.63, 3.8) is 0 Å². The van der Waals surface area contributed by atoms with Gasteiger partial charge in [-0.1, -0.05) is 15.9 Å². The molecular formula is C10H5BrF3NO. The Morgan fingerprint density at radius 2 is 2.00 bits per heavy atom. The van der Waals surface area contributed by atoms with Crippen LogP contribution < -0.4 is 0 Å². The average molecular weight is 292 g/mol. The van der Waals surface area contributed by atoms with Crippen LogP contribution in [0.1, 0.15) is 5.56 Å². The van der Waals surface area contributed by atoms with Crippen LogP contribution in [-0.2, 0) is 6.18 Å². The molecule has 0 fully saturated rings. The largest absolute Gasteiger partial charge is 0.444 e. The molecule has 2 nitrogen and oxygen atoms in total. The van der Waals surface area contributed by atoms with Gasteiger partial charge in [-0.25, -0.2) is 4.98 Å². The minimum atomic E-state index is -4.42. The Kier molecular flexibility index (Phi) is 2.75. The zero-order valence-electron chi connectivity index (χ0n) is 7.75. The second kappa shape index (κ2) is 3.93. The molecule has 0 N–H and O–H groups in total. The molecule has 0 radical (unpaired) electrons. The highest BCUT2D eigenvalue weighted by molar-refractivity contribution is 9.10. The minimum absolute atomic E-state index is 0.0202. The van der Waals surface area contributed by atoms with Gasteiger partial charge in [0, 0.05) is 10.0 Å². The first kappa shape index (κ1) is 11.2. The lowest BCUT2D eigenvalue weighted by Crippen LogP contribution is -2.06. The van der Waals surface area contributed by atoms with Crippen molar-refractivity contribution in [2.75, 3.05) is 0 Å². The summed E-state index contributed by atoms with van der Waals surface area (Å²) in [6, 6.07) is 3.87. The first-order chi connectivity index (χ1) is 7.48. The fourth-order valence-corrected chi connectivity index (χ4v) is 1.68. The maximum absolute atomic E-state index is 12.7. The van der Waals surface area contributed by atoms with Gasteiger partial charge >= 0.3 is 6.18 Å². The molecule has 1 aromatic heterocycles. The molecule has 1 aromatic carbocycles. The van der Waals surface area contributed by atoms with Crippen LogP contribution in [0.4, 0.5) is 13.2 Å². The number of oxazole rings is 1. The molecule has 6 heteroatoms. The third kappa shape index (κ3) is 2.11. The van der Waals surface area contributed by atoms with Gasteiger partial charge in [-0.3, -0.25) is 0 Å². The van der Waals surface area contributed by atoms with Crippen molar-refractivity contribution in [3.05, 3.63) is 40.8 Å². The van der Waals surface area contributed by atoms with E-state index in [9.17, 15) is 13.2 Å². The average Bonchev–Trinajstić information content (AvgIpc) is 2.69. The van der Waals surface area contributed by atoms with Gasteiger partial charge in [-0.05, 0) is 18.2 Å². The maximum atomic E-state index is 12.7. The number of alkyl halides is 3. The molecule has 0 unspecified atom stereocenters. The molecule has 2 rings (SSSR count). The zero-order chi connectivity index (χ0) is 11.8. The summed E-state index contributed by atoms with van der Waals surface area (Å²) in [5.74, 6) is 0.0971. The van der Waals surface area contributed by atoms with Crippen molar-refractivity contribution in [1.29, 1.82) is 0 Å². The van der Waals surface area contributed by atoms with E-state index in [2.05, 4.69) is 20.9 Å². The summed E-state index contributed by atoms with van der Waals surface area (Å²) in [7, 11) is 0. The smallest absolute Gasteiger partial charge is 0.417 e. The van der Waals surface area contributed by atoms with Gasteiger partial charge in [0.05, 0.1) is 11.8 Å². The fraction of sp³-hybridized carbons (Fsp3) is 0.100. The predicted molar refractivity (Wildman–Crippen MR) is 54.6 cm³/mol. The van der Waals surface area contributed by atoms with Crippen molar-refractivity contribution in [2.45, 2.75) is 6.18 Å². The quantitative estimate of drug-likeness (QED) is 0.790. The number of nitrogens with zero attached hydrogens (tertiary/aromatic N) is 1. The van der Waals surface area contributed by atoms with Crippen LogP contribution in [-0.4, -0.2) is 4.98 Å². The summed E-state index contributed by atoms with van der Waals surface area (Å²) in [5, 5.41) is 0. The van der Waals surface area contributed by atoms with Crippen molar-refractivity contribution in [1.82, 2.24) is 4.98 Å². The van der Waals surface area contributed by atoms with E-state index in [1.54, 1.807) is 0 Å². The highest BCUT2D eigenvalue weighted by Gasteiger charge is 2.34. The third-order valence-corrected chi connectivity index (χ3v) is 2.48. The standard InChI is InChI=1S/C10H5BrF3NO/c11-6-1-2-7(9-4-15-5-16-9)8(3-6)10(12,13)14/h1-5H. The van der Waals surface area contributed by atoms with Gasteiger partial charge in [0.2, 0.25) is 0 Å². The normalized spacial score (nSPS) is 11.8. The molecule has 0 aliphatic rings. The summed E-state index contributed by atoms with van der Waals surface area (Å²) in [4.78, 5) is 3.60. The molecule has 1 heterocycles. The van der Waals surface area contributed by atoms with E-state index in [-0.39, 0.29) is 11.3 Å². The number of hydrogen-bond acceptors (Lipinski definition) is 2. The van der Waals surface area contributed by atoms with Gasteiger partial charge in [0.15, 0.2) is 12.2 Å². The van der Waals surface area contributed by atoms with Crippen LogP contribution in [0, 0.1) is 0 Å². The molecular weight excluding hydrogens is 287 g/mol. The second-order valence-corrected chi connectivity index (χ2v) is 3.97. The predicted octanol–water partition coefficient (Wildman–Crippen LogP) is 4.12. The molecule has 0 atom stereocenters. The molecule has 0 spiro atoms. The summed E-state index contributed by atoms with van der Waals surface area (Å²) >= 11 is 3.01. The van der Waals surface area contributed by atoms with Crippen molar-refractivity contribution >= 4 is 15.9 Å². The SMILES string of the molecule is FC(F)(F)c1cc(Br)ccc1-c1cnco1. The van der Waals surface area contributed by atoms with E-state index < -0.39 is 11.7 Å². The first-order valence-electron chi connectivity index (χ1n) is 4.24. The maximum Gasteiger partial charge on any atom is 0.417 e. The monoisotopic (exact) mass is 291 g/mol. The van der Waals surface area contributed by atoms with Gasteiger partial charge in [0.25, 0.3) is 0 Å². The van der Waals surface area contributed by atoms with Crippen LogP contribution in [0.25, 0.3) is 11.3 Å². The highest BCUT2D eigenvalue weighted by Crippen LogP contribution is 2.38. The lowest BCUT2D eigenvalue weighted by atomic mass is 10.1. The summed E-state index contributed by atoms with van der Waals surface area (Å²) in [6.45, 7) is 0. The van der Waals surface area contributed by atoms with Crippen LogP contribution in [0.15, 0.2) is 39.7 Å². The van der Waals surface area contributed by atoms with E-state index in [1.165, 1.54) is 18.3 Å². The fourth-order valence-electron chi connectivity index (χ4n) is 1.31. The van der Waals surface area contributed by atoms with E-state index in [0.717, 1.165) is 12.5 Å². The number of aromatic nitrogens is 1. The molecule has 0 aliphatic heterocycles. The van der Waals surface area contributed by atoms with Gasteiger partial charge in [0.1, 0.15) is 0 Å². The Morgan fingerprint density at radius 1 is 1.25 bits per heavy atom. The Hall–Kier alpha value is -1.30. The minimum Gasteiger partial charge on any atom is -0.444 e. The number of benzene rings is 1. The van der Waals surface area contributed by atoms with Gasteiger partial charge in [-0.15, -0.1) is 0 Å². The van der Waals surface area contributed by atoms with Crippen LogP contribution in [0.3, 0.4) is 0 Å². The number of rotatable bonds is 1. The van der Waals surface area contributed by atoms with E-state index in [0.29, 0.717) is 4.47 Å². The summed E-state index contributed by atoms with van der Waals surface area (Å²) in [6.07, 6.45) is -2.08. The molecule has 0 aliphatic carbocycles. The van der Waals surface area contributed by atoms with Crippen molar-refractivity contribution < 1.29 is 17.6 Å². The van der Waals surface area contributed by atoms with Crippen molar-refractivity contribution in [3.8, 4) is 11.3 Å². The number of hydrogen-bond donors (Lipinski definition) is 0. The Balaban J connectivity index is 2.62. The topological polar surface area (TPSA) is 26.0 Å². The van der Waals surface area contributed by atoms with Crippen LogP contribution in [0.5, 0.6) is 0 Å². The first-order valence-corrected chi connectivity index (χ1v) is 5.03. The molecule has 0 saturated heterocycles. The molecule has 84 valence electrons. The second-order valence-electron chi connectivity index (χ2n) is 3.05. The molecule has 0 amide bonds. The van der Waals surface area contributed by atoms with Gasteiger partial charge in [-0.2, -0.15) is 13.2 Å². The highest BCUT2D eigenvalue weighted by atomic mass is 79.9. The zero-order valence-corrected chi connectivity index (χ0v) is 9.34. The molecule has 0 bridgehead atoms. The van der Waals surface area contributed by atoms with E-state index in [4.69, 9.17) is 4.42 Å². The van der Waals surface area contributed by atoms with E-state index >= 15 is 0 Å². The lowest BCUT2D eigenvalue weighted by molar-refractivity contribution is -0.137. The lowest BCUT2D eigenvalue weighted by Gasteiger charge is -2.11. The third-order valence-electron chi connectivity index (χ3n) is 1.98. The summed E-state index contributed by atoms with van der Waals surface area (Å²) < 4.78 is 43.4. The molecule has 16 heavy (non-hydrogen) atoms. The Bertz CT molecular complexity index is 493. The Morgan fingerprint density at radius 3 is 2.56 bits per heavy atom. The van der Waals surface area contributed by atoms with Crippen molar-refractivity contribution in [2.24, 2.45) is 0 Å². The van der Waals surface area contributed by atoms with Gasteiger partial charge < -0.3 is 4.42 Å². The van der Waals surface area contributed by atoms with Crippen LogP contribution in [0.2, 0.25) is 0 Å². The number of halogens is 4. The van der Waals surface area contributed by atoms with Crippen LogP contribution >= 0.6 is 15.9 Å². The molecule has 0 saturated carbocycles. The summed E-state index contributed by atoms with van der Waals surface area (Å²) in [5.41, 5.74) is -0.771.